The standard InChI is InChI=1S/C13H14ClN3O/c1-8-6-10(14)4-5-11(8)18-13-7-12(15-3)16-9(2)17-13/h4-7H,1-3H3,(H,15,16,17). The van der Waals surface area contributed by atoms with Gasteiger partial charge in [0.2, 0.25) is 5.88 Å². The van der Waals surface area contributed by atoms with Gasteiger partial charge < -0.3 is 10.1 Å². The van der Waals surface area contributed by atoms with Crippen molar-refractivity contribution in [2.75, 3.05) is 12.4 Å². The topological polar surface area (TPSA) is 47.0 Å². The van der Waals surface area contributed by atoms with Gasteiger partial charge in [-0.25, -0.2) is 4.98 Å². The second-order valence-electron chi connectivity index (χ2n) is 3.90. The average molecular weight is 264 g/mol. The molecule has 5 heteroatoms. The van der Waals surface area contributed by atoms with Crippen molar-refractivity contribution in [1.29, 1.82) is 0 Å². The Hall–Kier alpha value is -1.81. The maximum atomic E-state index is 5.90. The third-order valence-corrected chi connectivity index (χ3v) is 2.66. The maximum absolute atomic E-state index is 5.90. The Bertz CT molecular complexity index is 572. The molecule has 0 aliphatic heterocycles. The van der Waals surface area contributed by atoms with Gasteiger partial charge in [0.15, 0.2) is 0 Å². The van der Waals surface area contributed by atoms with E-state index in [1.165, 1.54) is 0 Å². The van der Waals surface area contributed by atoms with E-state index in [1.54, 1.807) is 19.2 Å². The van der Waals surface area contributed by atoms with Gasteiger partial charge in [-0.1, -0.05) is 11.6 Å². The SMILES string of the molecule is CNc1cc(Oc2ccc(Cl)cc2C)nc(C)n1. The molecule has 1 aromatic carbocycles. The van der Waals surface area contributed by atoms with Crippen LogP contribution in [0, 0.1) is 13.8 Å². The number of aromatic nitrogens is 2. The van der Waals surface area contributed by atoms with Crippen molar-refractivity contribution in [3.8, 4) is 11.6 Å². The molecule has 18 heavy (non-hydrogen) atoms. The van der Waals surface area contributed by atoms with Crippen LogP contribution in [0.3, 0.4) is 0 Å². The number of aryl methyl sites for hydroxylation is 2. The van der Waals surface area contributed by atoms with Gasteiger partial charge in [0, 0.05) is 18.1 Å². The first-order chi connectivity index (χ1) is 8.58. The molecule has 1 heterocycles. The Balaban J connectivity index is 2.30. The van der Waals surface area contributed by atoms with Crippen LogP contribution in [-0.4, -0.2) is 17.0 Å². The summed E-state index contributed by atoms with van der Waals surface area (Å²) in [4.78, 5) is 8.44. The first-order valence-electron chi connectivity index (χ1n) is 5.56. The van der Waals surface area contributed by atoms with E-state index in [1.807, 2.05) is 26.0 Å². The molecule has 0 saturated carbocycles. The summed E-state index contributed by atoms with van der Waals surface area (Å²) in [6, 6.07) is 7.22. The number of ether oxygens (including phenoxy) is 1. The molecule has 0 radical (unpaired) electrons. The Kier molecular flexibility index (Phi) is 3.67. The van der Waals surface area contributed by atoms with Crippen LogP contribution in [0.25, 0.3) is 0 Å². The molecule has 2 rings (SSSR count). The fourth-order valence-corrected chi connectivity index (χ4v) is 1.79. The van der Waals surface area contributed by atoms with Crippen LogP contribution in [0.1, 0.15) is 11.4 Å². The summed E-state index contributed by atoms with van der Waals surface area (Å²) in [5.41, 5.74) is 0.963. The fourth-order valence-electron chi connectivity index (χ4n) is 1.56. The van der Waals surface area contributed by atoms with Crippen molar-refractivity contribution >= 4 is 17.4 Å². The molecular weight excluding hydrogens is 250 g/mol. The molecule has 0 aliphatic rings. The summed E-state index contributed by atoms with van der Waals surface area (Å²) in [5.74, 6) is 2.63. The van der Waals surface area contributed by atoms with Gasteiger partial charge in [0.25, 0.3) is 0 Å². The second-order valence-corrected chi connectivity index (χ2v) is 4.34. The van der Waals surface area contributed by atoms with E-state index in [4.69, 9.17) is 16.3 Å². The Morgan fingerprint density at radius 1 is 1.17 bits per heavy atom. The number of nitrogens with one attached hydrogen (secondary N) is 1. The van der Waals surface area contributed by atoms with E-state index >= 15 is 0 Å². The van der Waals surface area contributed by atoms with Crippen molar-refractivity contribution in [2.24, 2.45) is 0 Å². The molecule has 0 atom stereocenters. The summed E-state index contributed by atoms with van der Waals surface area (Å²) in [6.07, 6.45) is 0. The number of hydrogen-bond acceptors (Lipinski definition) is 4. The van der Waals surface area contributed by atoms with Crippen molar-refractivity contribution in [1.82, 2.24) is 9.97 Å². The molecule has 0 spiro atoms. The van der Waals surface area contributed by atoms with Gasteiger partial charge in [-0.2, -0.15) is 4.98 Å². The minimum atomic E-state index is 0.511. The van der Waals surface area contributed by atoms with Gasteiger partial charge in [-0.05, 0) is 37.6 Å². The minimum absolute atomic E-state index is 0.511. The molecule has 2 aromatic rings. The molecule has 0 aliphatic carbocycles. The molecule has 4 nitrogen and oxygen atoms in total. The van der Waals surface area contributed by atoms with E-state index in [9.17, 15) is 0 Å². The van der Waals surface area contributed by atoms with Crippen molar-refractivity contribution in [3.63, 3.8) is 0 Å². The van der Waals surface area contributed by atoms with Crippen LogP contribution < -0.4 is 10.1 Å². The van der Waals surface area contributed by atoms with E-state index in [-0.39, 0.29) is 0 Å². The summed E-state index contributed by atoms with van der Waals surface area (Å²) >= 11 is 5.90. The van der Waals surface area contributed by atoms with Crippen molar-refractivity contribution < 1.29 is 4.74 Å². The number of anilines is 1. The molecule has 1 aromatic heterocycles. The maximum Gasteiger partial charge on any atom is 0.224 e. The van der Waals surface area contributed by atoms with Gasteiger partial charge >= 0.3 is 0 Å². The monoisotopic (exact) mass is 263 g/mol. The zero-order valence-electron chi connectivity index (χ0n) is 10.5. The highest BCUT2D eigenvalue weighted by atomic mass is 35.5. The largest absolute Gasteiger partial charge is 0.439 e. The molecule has 0 fully saturated rings. The highest BCUT2D eigenvalue weighted by Gasteiger charge is 2.06. The molecule has 0 amide bonds. The Morgan fingerprint density at radius 3 is 2.61 bits per heavy atom. The van der Waals surface area contributed by atoms with Crippen LogP contribution >= 0.6 is 11.6 Å². The molecule has 0 saturated heterocycles. The number of benzene rings is 1. The van der Waals surface area contributed by atoms with Gasteiger partial charge in [-0.15, -0.1) is 0 Å². The van der Waals surface area contributed by atoms with Crippen LogP contribution in [0.4, 0.5) is 5.82 Å². The number of halogens is 1. The van der Waals surface area contributed by atoms with Crippen LogP contribution in [0.15, 0.2) is 24.3 Å². The highest BCUT2D eigenvalue weighted by Crippen LogP contribution is 2.27. The van der Waals surface area contributed by atoms with Gasteiger partial charge in [0.05, 0.1) is 0 Å². The third kappa shape index (κ3) is 2.90. The Labute approximate surface area is 111 Å². The average Bonchev–Trinajstić information content (AvgIpc) is 2.32. The summed E-state index contributed by atoms with van der Waals surface area (Å²) in [6.45, 7) is 3.76. The predicted molar refractivity (Wildman–Crippen MR) is 72.6 cm³/mol. The van der Waals surface area contributed by atoms with Crippen LogP contribution in [0.5, 0.6) is 11.6 Å². The minimum Gasteiger partial charge on any atom is -0.439 e. The van der Waals surface area contributed by atoms with E-state index in [2.05, 4.69) is 15.3 Å². The molecular formula is C13H14ClN3O. The quantitative estimate of drug-likeness (QED) is 0.919. The normalized spacial score (nSPS) is 10.2. The van der Waals surface area contributed by atoms with E-state index in [0.29, 0.717) is 16.7 Å². The molecule has 0 unspecified atom stereocenters. The number of nitrogens with zero attached hydrogens (tertiary/aromatic N) is 2. The summed E-state index contributed by atoms with van der Waals surface area (Å²) in [5, 5.41) is 3.65. The van der Waals surface area contributed by atoms with Crippen LogP contribution in [-0.2, 0) is 0 Å². The lowest BCUT2D eigenvalue weighted by atomic mass is 10.2. The second kappa shape index (κ2) is 5.23. The van der Waals surface area contributed by atoms with Crippen molar-refractivity contribution in [3.05, 3.63) is 40.7 Å². The lowest BCUT2D eigenvalue weighted by Crippen LogP contribution is -1.99. The lowest BCUT2D eigenvalue weighted by Gasteiger charge is -2.09. The number of rotatable bonds is 3. The van der Waals surface area contributed by atoms with Crippen molar-refractivity contribution in [2.45, 2.75) is 13.8 Å². The van der Waals surface area contributed by atoms with E-state index in [0.717, 1.165) is 17.1 Å². The number of hydrogen-bond donors (Lipinski definition) is 1. The molecule has 0 bridgehead atoms. The van der Waals surface area contributed by atoms with Gasteiger partial charge in [0.1, 0.15) is 17.4 Å². The fraction of sp³-hybridized carbons (Fsp3) is 0.231. The lowest BCUT2D eigenvalue weighted by molar-refractivity contribution is 0.457. The smallest absolute Gasteiger partial charge is 0.224 e. The molecule has 94 valence electrons. The summed E-state index contributed by atoms with van der Waals surface area (Å²) < 4.78 is 5.74. The predicted octanol–water partition coefficient (Wildman–Crippen LogP) is 3.58. The first kappa shape index (κ1) is 12.6. The highest BCUT2D eigenvalue weighted by molar-refractivity contribution is 6.30. The first-order valence-corrected chi connectivity index (χ1v) is 5.94. The summed E-state index contributed by atoms with van der Waals surface area (Å²) in [7, 11) is 1.80. The van der Waals surface area contributed by atoms with Gasteiger partial charge in [-0.3, -0.25) is 0 Å². The van der Waals surface area contributed by atoms with E-state index < -0.39 is 0 Å². The van der Waals surface area contributed by atoms with Crippen LogP contribution in [0.2, 0.25) is 5.02 Å². The Morgan fingerprint density at radius 2 is 1.94 bits per heavy atom. The zero-order chi connectivity index (χ0) is 13.1. The molecule has 1 N–H and O–H groups in total. The zero-order valence-corrected chi connectivity index (χ0v) is 11.2. The third-order valence-electron chi connectivity index (χ3n) is 2.42.